The van der Waals surface area contributed by atoms with E-state index in [1.165, 1.54) is 6.20 Å². The van der Waals surface area contributed by atoms with E-state index in [2.05, 4.69) is 20.2 Å². The van der Waals surface area contributed by atoms with Crippen LogP contribution in [0.5, 0.6) is 0 Å². The van der Waals surface area contributed by atoms with Crippen molar-refractivity contribution in [1.82, 2.24) is 20.2 Å². The van der Waals surface area contributed by atoms with Crippen LogP contribution in [-0.4, -0.2) is 37.0 Å². The molecule has 0 aliphatic heterocycles. The Balaban J connectivity index is 2.64. The second-order valence-corrected chi connectivity index (χ2v) is 4.89. The van der Waals surface area contributed by atoms with Crippen molar-refractivity contribution in [2.75, 3.05) is 0 Å². The van der Waals surface area contributed by atoms with Crippen LogP contribution in [0.2, 0.25) is 0 Å². The molecule has 0 fully saturated rings. The molecule has 0 spiro atoms. The summed E-state index contributed by atoms with van der Waals surface area (Å²) in [5.74, 6) is -0.0506. The standard InChI is InChI=1S/C8H6N4O4S2/c13-17(14)7-8(18(15)16)12-11-6(10-7)5-3-1-2-4-9-5/h1-4,17-18H. The number of nitrogens with zero attached hydrogens (tertiary/aromatic N) is 4. The molecule has 8 nitrogen and oxygen atoms in total. The summed E-state index contributed by atoms with van der Waals surface area (Å²) in [7, 11) is -6.35. The molecule has 94 valence electrons. The van der Waals surface area contributed by atoms with Gasteiger partial charge >= 0.3 is 0 Å². The van der Waals surface area contributed by atoms with Gasteiger partial charge in [0, 0.05) is 6.20 Å². The minimum Gasteiger partial charge on any atom is -0.253 e. The van der Waals surface area contributed by atoms with Crippen LogP contribution in [0, 0.1) is 0 Å². The molecule has 2 heterocycles. The van der Waals surface area contributed by atoms with E-state index >= 15 is 0 Å². The molecule has 0 radical (unpaired) electrons. The number of hydrogen-bond acceptors (Lipinski definition) is 8. The Labute approximate surface area is 105 Å². The maximum atomic E-state index is 10.9. The van der Waals surface area contributed by atoms with Crippen molar-refractivity contribution < 1.29 is 16.8 Å². The molecular formula is C8H6N4O4S2. The number of pyridine rings is 1. The number of rotatable bonds is 3. The van der Waals surface area contributed by atoms with Crippen LogP contribution in [-0.2, 0) is 21.4 Å². The zero-order valence-corrected chi connectivity index (χ0v) is 10.4. The van der Waals surface area contributed by atoms with Crippen molar-refractivity contribution in [3.8, 4) is 11.5 Å². The van der Waals surface area contributed by atoms with Gasteiger partial charge in [-0.2, -0.15) is 0 Å². The van der Waals surface area contributed by atoms with E-state index in [9.17, 15) is 16.8 Å². The van der Waals surface area contributed by atoms with E-state index in [-0.39, 0.29) is 5.82 Å². The minimum atomic E-state index is -3.18. The third-order valence-electron chi connectivity index (χ3n) is 1.89. The molecule has 0 saturated heterocycles. The Morgan fingerprint density at radius 3 is 2.17 bits per heavy atom. The Morgan fingerprint density at radius 1 is 0.889 bits per heavy atom. The summed E-state index contributed by atoms with van der Waals surface area (Å²) in [6, 6.07) is 4.87. The van der Waals surface area contributed by atoms with Crippen molar-refractivity contribution in [1.29, 1.82) is 0 Å². The highest BCUT2D eigenvalue weighted by Crippen LogP contribution is 2.13. The molecule has 2 aromatic heterocycles. The molecular weight excluding hydrogens is 280 g/mol. The first-order chi connectivity index (χ1) is 8.59. The fraction of sp³-hybridized carbons (Fsp3) is 0. The average molecular weight is 286 g/mol. The average Bonchev–Trinajstić information content (AvgIpc) is 2.39. The number of hydrogen-bond donors (Lipinski definition) is 2. The lowest BCUT2D eigenvalue weighted by Crippen LogP contribution is -2.04. The van der Waals surface area contributed by atoms with Gasteiger partial charge in [0.15, 0.2) is 26.4 Å². The second-order valence-electron chi connectivity index (χ2n) is 3.01. The summed E-state index contributed by atoms with van der Waals surface area (Å²) in [5.41, 5.74) is 0.302. The lowest BCUT2D eigenvalue weighted by atomic mass is 10.3. The summed E-state index contributed by atoms with van der Waals surface area (Å²) in [6.07, 6.45) is 1.47. The lowest BCUT2D eigenvalue weighted by Gasteiger charge is -1.99. The minimum absolute atomic E-state index is 0.0506. The SMILES string of the molecule is O=[SH](=O)c1nnc(-c2ccccn2)nc1[SH](=O)=O. The van der Waals surface area contributed by atoms with Crippen LogP contribution in [0.4, 0.5) is 0 Å². The third-order valence-corrected chi connectivity index (χ3v) is 3.37. The Bertz CT molecular complexity index is 711. The normalized spacial score (nSPS) is 11.0. The maximum absolute atomic E-state index is 10.9. The van der Waals surface area contributed by atoms with E-state index in [1.54, 1.807) is 18.2 Å². The number of thiol groups is 2. The van der Waals surface area contributed by atoms with Crippen LogP contribution in [0.1, 0.15) is 0 Å². The molecule has 0 N–H and O–H groups in total. The molecule has 0 amide bonds. The van der Waals surface area contributed by atoms with Crippen LogP contribution in [0.3, 0.4) is 0 Å². The molecule has 0 bridgehead atoms. The second kappa shape index (κ2) is 5.14. The predicted octanol–water partition coefficient (Wildman–Crippen LogP) is -1.13. The highest BCUT2D eigenvalue weighted by molar-refractivity contribution is 7.75. The van der Waals surface area contributed by atoms with Gasteiger partial charge < -0.3 is 0 Å². The fourth-order valence-corrected chi connectivity index (χ4v) is 2.36. The van der Waals surface area contributed by atoms with Gasteiger partial charge in [0.2, 0.25) is 10.9 Å². The molecule has 2 rings (SSSR count). The van der Waals surface area contributed by atoms with Gasteiger partial charge in [0.1, 0.15) is 5.69 Å². The van der Waals surface area contributed by atoms with Gasteiger partial charge in [-0.3, -0.25) is 4.98 Å². The summed E-state index contributed by atoms with van der Waals surface area (Å²) in [5, 5.41) is 5.59. The lowest BCUT2D eigenvalue weighted by molar-refractivity contribution is 0.587. The topological polar surface area (TPSA) is 120 Å². The molecule has 10 heteroatoms. The van der Waals surface area contributed by atoms with E-state index < -0.39 is 31.5 Å². The molecule has 0 atom stereocenters. The maximum Gasteiger partial charge on any atom is 0.212 e. The van der Waals surface area contributed by atoms with Gasteiger partial charge in [0.25, 0.3) is 0 Å². The van der Waals surface area contributed by atoms with Crippen molar-refractivity contribution in [2.24, 2.45) is 0 Å². The molecule has 18 heavy (non-hydrogen) atoms. The molecule has 0 unspecified atom stereocenters. The highest BCUT2D eigenvalue weighted by Gasteiger charge is 2.15. The monoisotopic (exact) mass is 286 g/mol. The quantitative estimate of drug-likeness (QED) is 0.680. The van der Waals surface area contributed by atoms with Gasteiger partial charge in [-0.15, -0.1) is 10.2 Å². The zero-order chi connectivity index (χ0) is 13.1. The van der Waals surface area contributed by atoms with Crippen molar-refractivity contribution in [3.63, 3.8) is 0 Å². The summed E-state index contributed by atoms with van der Waals surface area (Å²) < 4.78 is 43.4. The van der Waals surface area contributed by atoms with Crippen molar-refractivity contribution >= 4 is 21.4 Å². The Kier molecular flexibility index (Phi) is 3.58. The van der Waals surface area contributed by atoms with Crippen LogP contribution in [0.15, 0.2) is 34.4 Å². The van der Waals surface area contributed by atoms with E-state index in [4.69, 9.17) is 0 Å². The largest absolute Gasteiger partial charge is 0.253 e. The number of aromatic nitrogens is 4. The summed E-state index contributed by atoms with van der Waals surface area (Å²) >= 11 is 0. The van der Waals surface area contributed by atoms with Gasteiger partial charge in [-0.05, 0) is 12.1 Å². The van der Waals surface area contributed by atoms with Crippen LogP contribution < -0.4 is 0 Å². The third kappa shape index (κ3) is 2.49. The molecule has 0 aliphatic rings. The van der Waals surface area contributed by atoms with E-state index in [1.807, 2.05) is 0 Å². The first-order valence-corrected chi connectivity index (χ1v) is 6.90. The van der Waals surface area contributed by atoms with Crippen LogP contribution in [0.25, 0.3) is 11.5 Å². The summed E-state index contributed by atoms with van der Waals surface area (Å²) in [4.78, 5) is 7.56. The highest BCUT2D eigenvalue weighted by atomic mass is 32.2. The first kappa shape index (κ1) is 12.5. The molecule has 0 aliphatic carbocycles. The molecule has 0 aromatic carbocycles. The van der Waals surface area contributed by atoms with E-state index in [0.29, 0.717) is 5.69 Å². The summed E-state index contributed by atoms with van der Waals surface area (Å²) in [6.45, 7) is 0. The van der Waals surface area contributed by atoms with E-state index in [0.717, 1.165) is 0 Å². The van der Waals surface area contributed by atoms with Gasteiger partial charge in [-0.25, -0.2) is 21.8 Å². The zero-order valence-electron chi connectivity index (χ0n) is 8.63. The molecule has 0 saturated carbocycles. The van der Waals surface area contributed by atoms with Gasteiger partial charge in [-0.1, -0.05) is 6.07 Å². The van der Waals surface area contributed by atoms with Crippen molar-refractivity contribution in [2.45, 2.75) is 10.1 Å². The Morgan fingerprint density at radius 2 is 1.61 bits per heavy atom. The predicted molar refractivity (Wildman–Crippen MR) is 60.2 cm³/mol. The fourth-order valence-electron chi connectivity index (χ4n) is 1.16. The smallest absolute Gasteiger partial charge is 0.212 e. The first-order valence-electron chi connectivity index (χ1n) is 4.54. The van der Waals surface area contributed by atoms with Gasteiger partial charge in [0.05, 0.1) is 0 Å². The van der Waals surface area contributed by atoms with Crippen LogP contribution >= 0.6 is 0 Å². The van der Waals surface area contributed by atoms with Crippen molar-refractivity contribution in [3.05, 3.63) is 24.4 Å². The Hall–Kier alpha value is -1.94. The molecule has 2 aromatic rings.